The highest BCUT2D eigenvalue weighted by molar-refractivity contribution is 5.97. The molecule has 0 heterocycles. The van der Waals surface area contributed by atoms with E-state index < -0.39 is 0 Å². The second kappa shape index (κ2) is 6.15. The number of hydrogen-bond donors (Lipinski definition) is 2. The molecule has 4 aliphatic carbocycles. The maximum atomic E-state index is 12.8. The molecule has 4 saturated carbocycles. The number of amides is 2. The Labute approximate surface area is 149 Å². The summed E-state index contributed by atoms with van der Waals surface area (Å²) in [5.41, 5.74) is 1.59. The molecule has 0 radical (unpaired) electrons. The number of nitrogens with one attached hydrogen (secondary N) is 2. The number of benzene rings is 1. The van der Waals surface area contributed by atoms with Gasteiger partial charge in [0, 0.05) is 24.2 Å². The lowest BCUT2D eigenvalue weighted by atomic mass is 9.48. The monoisotopic (exact) mass is 340 g/mol. The first-order valence-corrected chi connectivity index (χ1v) is 9.62. The Morgan fingerprint density at radius 1 is 1.08 bits per heavy atom. The molecule has 134 valence electrons. The Balaban J connectivity index is 1.47. The van der Waals surface area contributed by atoms with Crippen LogP contribution in [0.1, 0.15) is 62.7 Å². The van der Waals surface area contributed by atoms with Crippen LogP contribution in [0.5, 0.6) is 0 Å². The van der Waals surface area contributed by atoms with E-state index in [9.17, 15) is 9.59 Å². The van der Waals surface area contributed by atoms with Crippen LogP contribution in [0, 0.1) is 23.2 Å². The van der Waals surface area contributed by atoms with E-state index in [2.05, 4.69) is 17.6 Å². The molecular weight excluding hydrogens is 312 g/mol. The second-order valence-corrected chi connectivity index (χ2v) is 8.74. The summed E-state index contributed by atoms with van der Waals surface area (Å²) in [6.07, 6.45) is 8.10. The SMILES string of the molecule is CC(=O)Nc1cccc(C(=O)N[C@@H](C)C23CC4CC(CC(C4)C2)C3)c1. The molecule has 25 heavy (non-hydrogen) atoms. The molecule has 5 rings (SSSR count). The summed E-state index contributed by atoms with van der Waals surface area (Å²) in [6, 6.07) is 7.39. The van der Waals surface area contributed by atoms with Crippen LogP contribution in [-0.2, 0) is 4.79 Å². The summed E-state index contributed by atoms with van der Waals surface area (Å²) in [4.78, 5) is 24.0. The third kappa shape index (κ3) is 3.19. The number of rotatable bonds is 4. The second-order valence-electron chi connectivity index (χ2n) is 8.74. The fourth-order valence-electron chi connectivity index (χ4n) is 6.08. The molecule has 1 aromatic carbocycles. The first-order chi connectivity index (χ1) is 11.9. The van der Waals surface area contributed by atoms with E-state index in [0.29, 0.717) is 16.7 Å². The minimum Gasteiger partial charge on any atom is -0.349 e. The summed E-state index contributed by atoms with van der Waals surface area (Å²) >= 11 is 0. The van der Waals surface area contributed by atoms with Crippen molar-refractivity contribution in [3.8, 4) is 0 Å². The third-order valence-corrected chi connectivity index (χ3v) is 6.80. The third-order valence-electron chi connectivity index (χ3n) is 6.80. The molecule has 0 spiro atoms. The van der Waals surface area contributed by atoms with Crippen molar-refractivity contribution in [1.82, 2.24) is 5.32 Å². The van der Waals surface area contributed by atoms with Crippen LogP contribution in [0.15, 0.2) is 24.3 Å². The quantitative estimate of drug-likeness (QED) is 0.871. The van der Waals surface area contributed by atoms with Gasteiger partial charge >= 0.3 is 0 Å². The van der Waals surface area contributed by atoms with Crippen LogP contribution in [0.25, 0.3) is 0 Å². The normalized spacial score (nSPS) is 33.8. The minimum atomic E-state index is -0.125. The average Bonchev–Trinajstić information content (AvgIpc) is 2.53. The van der Waals surface area contributed by atoms with E-state index in [1.165, 1.54) is 45.4 Å². The van der Waals surface area contributed by atoms with Gasteiger partial charge in [-0.15, -0.1) is 0 Å². The summed E-state index contributed by atoms with van der Waals surface area (Å²) in [6.45, 7) is 3.67. The molecule has 4 bridgehead atoms. The first-order valence-electron chi connectivity index (χ1n) is 9.62. The first kappa shape index (κ1) is 16.6. The zero-order valence-corrected chi connectivity index (χ0v) is 15.2. The van der Waals surface area contributed by atoms with Gasteiger partial charge in [0.1, 0.15) is 0 Å². The molecule has 2 amide bonds. The molecule has 1 aromatic rings. The summed E-state index contributed by atoms with van der Waals surface area (Å²) in [5.74, 6) is 2.49. The maximum absolute atomic E-state index is 12.8. The minimum absolute atomic E-state index is 0.0320. The maximum Gasteiger partial charge on any atom is 0.251 e. The predicted molar refractivity (Wildman–Crippen MR) is 98.3 cm³/mol. The van der Waals surface area contributed by atoms with Gasteiger partial charge < -0.3 is 10.6 Å². The summed E-state index contributed by atoms with van der Waals surface area (Å²) in [5, 5.41) is 6.03. The molecule has 0 aromatic heterocycles. The summed E-state index contributed by atoms with van der Waals surface area (Å²) < 4.78 is 0. The van der Waals surface area contributed by atoms with Gasteiger partial charge in [0.25, 0.3) is 5.91 Å². The van der Waals surface area contributed by atoms with Gasteiger partial charge in [-0.25, -0.2) is 0 Å². The van der Waals surface area contributed by atoms with Gasteiger partial charge in [0.2, 0.25) is 5.91 Å². The molecule has 0 unspecified atom stereocenters. The fourth-order valence-corrected chi connectivity index (χ4v) is 6.08. The number of carbonyl (C=O) groups excluding carboxylic acids is 2. The van der Waals surface area contributed by atoms with Gasteiger partial charge in [0.15, 0.2) is 0 Å². The number of carbonyl (C=O) groups is 2. The highest BCUT2D eigenvalue weighted by Gasteiger charge is 2.53. The van der Waals surface area contributed by atoms with E-state index in [4.69, 9.17) is 0 Å². The Morgan fingerprint density at radius 3 is 2.24 bits per heavy atom. The van der Waals surface area contributed by atoms with Crippen LogP contribution in [0.3, 0.4) is 0 Å². The van der Waals surface area contributed by atoms with Crippen LogP contribution >= 0.6 is 0 Å². The molecule has 4 nitrogen and oxygen atoms in total. The zero-order chi connectivity index (χ0) is 17.6. The van der Waals surface area contributed by atoms with Crippen LogP contribution in [0.4, 0.5) is 5.69 Å². The highest BCUT2D eigenvalue weighted by Crippen LogP contribution is 2.61. The van der Waals surface area contributed by atoms with Crippen LogP contribution in [-0.4, -0.2) is 17.9 Å². The lowest BCUT2D eigenvalue weighted by Gasteiger charge is -2.59. The van der Waals surface area contributed by atoms with Crippen molar-refractivity contribution in [2.75, 3.05) is 5.32 Å². The molecule has 0 aliphatic heterocycles. The summed E-state index contributed by atoms with van der Waals surface area (Å²) in [7, 11) is 0. The molecule has 2 N–H and O–H groups in total. The van der Waals surface area contributed by atoms with Gasteiger partial charge in [-0.2, -0.15) is 0 Å². The van der Waals surface area contributed by atoms with E-state index in [-0.39, 0.29) is 17.9 Å². The van der Waals surface area contributed by atoms with E-state index in [1.807, 2.05) is 12.1 Å². The predicted octanol–water partition coefficient (Wildman–Crippen LogP) is 3.98. The van der Waals surface area contributed by atoms with Gasteiger partial charge in [0.05, 0.1) is 0 Å². The Kier molecular flexibility index (Phi) is 4.09. The van der Waals surface area contributed by atoms with Gasteiger partial charge in [-0.3, -0.25) is 9.59 Å². The van der Waals surface area contributed by atoms with E-state index in [1.54, 1.807) is 12.1 Å². The standard InChI is InChI=1S/C21H28N2O2/c1-13(21-10-15-6-16(11-21)8-17(7-15)12-21)22-20(25)18-4-3-5-19(9-18)23-14(2)24/h3-5,9,13,15-17H,6-8,10-12H2,1-2H3,(H,22,25)(H,23,24)/t13-,15?,16?,17?,21?/m0/s1. The van der Waals surface area contributed by atoms with Crippen LogP contribution in [0.2, 0.25) is 0 Å². The lowest BCUT2D eigenvalue weighted by molar-refractivity contribution is -0.114. The Morgan fingerprint density at radius 2 is 1.68 bits per heavy atom. The Bertz CT molecular complexity index is 662. The molecule has 0 saturated heterocycles. The molecule has 4 heteroatoms. The smallest absolute Gasteiger partial charge is 0.251 e. The van der Waals surface area contributed by atoms with E-state index >= 15 is 0 Å². The number of hydrogen-bond acceptors (Lipinski definition) is 2. The molecular formula is C21H28N2O2. The Hall–Kier alpha value is -1.84. The number of anilines is 1. The zero-order valence-electron chi connectivity index (χ0n) is 15.2. The van der Waals surface area contributed by atoms with Crippen molar-refractivity contribution in [3.05, 3.63) is 29.8 Å². The highest BCUT2D eigenvalue weighted by atomic mass is 16.2. The van der Waals surface area contributed by atoms with Gasteiger partial charge in [-0.1, -0.05) is 6.07 Å². The molecule has 4 fully saturated rings. The van der Waals surface area contributed by atoms with Crippen molar-refractivity contribution in [3.63, 3.8) is 0 Å². The van der Waals surface area contributed by atoms with Gasteiger partial charge in [-0.05, 0) is 86.8 Å². The van der Waals surface area contributed by atoms with Crippen molar-refractivity contribution >= 4 is 17.5 Å². The lowest BCUT2D eigenvalue weighted by Crippen LogP contribution is -2.55. The average molecular weight is 340 g/mol. The topological polar surface area (TPSA) is 58.2 Å². The van der Waals surface area contributed by atoms with Crippen molar-refractivity contribution < 1.29 is 9.59 Å². The van der Waals surface area contributed by atoms with Crippen LogP contribution < -0.4 is 10.6 Å². The molecule has 1 atom stereocenters. The van der Waals surface area contributed by atoms with Crippen molar-refractivity contribution in [1.29, 1.82) is 0 Å². The largest absolute Gasteiger partial charge is 0.349 e. The fraction of sp³-hybridized carbons (Fsp3) is 0.619. The van der Waals surface area contributed by atoms with Crippen molar-refractivity contribution in [2.45, 2.75) is 58.4 Å². The van der Waals surface area contributed by atoms with E-state index in [0.717, 1.165) is 17.8 Å². The molecule has 4 aliphatic rings. The van der Waals surface area contributed by atoms with Crippen molar-refractivity contribution in [2.24, 2.45) is 23.2 Å².